The maximum Gasteiger partial charge on any atom is 0.251 e. The van der Waals surface area contributed by atoms with Crippen LogP contribution in [0, 0.1) is 0 Å². The number of amides is 1. The van der Waals surface area contributed by atoms with Gasteiger partial charge >= 0.3 is 0 Å². The topological polar surface area (TPSA) is 75.3 Å². The normalized spacial score (nSPS) is 18.6. The highest BCUT2D eigenvalue weighted by atomic mass is 32.2. The largest absolute Gasteiger partial charge is 0.355 e. The molecule has 1 aliphatic heterocycles. The Balaban J connectivity index is 1.84. The van der Waals surface area contributed by atoms with Crippen molar-refractivity contribution in [2.24, 2.45) is 0 Å². The second-order valence-corrected chi connectivity index (χ2v) is 7.39. The lowest BCUT2D eigenvalue weighted by atomic mass is 10.1. The Hall–Kier alpha value is -1.40. The minimum absolute atomic E-state index is 0.0954. The fourth-order valence-electron chi connectivity index (χ4n) is 2.27. The predicted molar refractivity (Wildman–Crippen MR) is 78.3 cm³/mol. The minimum Gasteiger partial charge on any atom is -0.355 e. The molecule has 2 N–H and O–H groups in total. The van der Waals surface area contributed by atoms with Crippen LogP contribution >= 0.6 is 0 Å². The van der Waals surface area contributed by atoms with Gasteiger partial charge in [0.25, 0.3) is 5.91 Å². The second-order valence-electron chi connectivity index (χ2n) is 5.08. The summed E-state index contributed by atoms with van der Waals surface area (Å²) in [5.41, 5.74) is 1.73. The first kappa shape index (κ1) is 15.0. The molecule has 1 saturated heterocycles. The molecule has 1 aromatic rings. The van der Waals surface area contributed by atoms with E-state index in [2.05, 4.69) is 10.6 Å². The second kappa shape index (κ2) is 6.37. The third kappa shape index (κ3) is 4.05. The molecular formula is C14H20N2O3S. The summed E-state index contributed by atoms with van der Waals surface area (Å²) in [5, 5.41) is 5.95. The van der Waals surface area contributed by atoms with Crippen LogP contribution in [0.1, 0.15) is 28.8 Å². The van der Waals surface area contributed by atoms with Crippen LogP contribution in [-0.2, 0) is 16.4 Å². The number of carbonyl (C=O) groups is 1. The first-order valence-electron chi connectivity index (χ1n) is 6.75. The quantitative estimate of drug-likeness (QED) is 0.858. The van der Waals surface area contributed by atoms with Crippen molar-refractivity contribution < 1.29 is 13.2 Å². The molecule has 20 heavy (non-hydrogen) atoms. The average Bonchev–Trinajstić information content (AvgIpc) is 2.46. The molecule has 0 aromatic heterocycles. The molecule has 1 aliphatic rings. The van der Waals surface area contributed by atoms with E-state index >= 15 is 0 Å². The zero-order valence-electron chi connectivity index (χ0n) is 11.6. The maximum atomic E-state index is 11.4. The zero-order valence-corrected chi connectivity index (χ0v) is 12.4. The highest BCUT2D eigenvalue weighted by Gasteiger charge is 2.22. The highest BCUT2D eigenvalue weighted by molar-refractivity contribution is 7.91. The highest BCUT2D eigenvalue weighted by Crippen LogP contribution is 2.13. The molecular weight excluding hydrogens is 276 g/mol. The Morgan fingerprint density at radius 1 is 1.20 bits per heavy atom. The van der Waals surface area contributed by atoms with Crippen molar-refractivity contribution in [1.82, 2.24) is 10.6 Å². The van der Waals surface area contributed by atoms with Gasteiger partial charge in [-0.3, -0.25) is 4.79 Å². The van der Waals surface area contributed by atoms with Gasteiger partial charge in [-0.1, -0.05) is 12.1 Å². The van der Waals surface area contributed by atoms with Crippen molar-refractivity contribution in [3.05, 3.63) is 35.4 Å². The van der Waals surface area contributed by atoms with E-state index in [1.807, 2.05) is 12.1 Å². The van der Waals surface area contributed by atoms with Crippen LogP contribution in [0.5, 0.6) is 0 Å². The molecule has 0 aliphatic carbocycles. The Kier molecular flexibility index (Phi) is 4.77. The summed E-state index contributed by atoms with van der Waals surface area (Å²) in [5.74, 6) is 0.461. The number of carbonyl (C=O) groups excluding carboxylic acids is 1. The summed E-state index contributed by atoms with van der Waals surface area (Å²) in [6.07, 6.45) is 1.36. The summed E-state index contributed by atoms with van der Waals surface area (Å²) in [6.45, 7) is 0.693. The van der Waals surface area contributed by atoms with Gasteiger partial charge in [-0.05, 0) is 30.5 Å². The minimum atomic E-state index is -2.80. The van der Waals surface area contributed by atoms with E-state index in [4.69, 9.17) is 0 Å². The van der Waals surface area contributed by atoms with Crippen molar-refractivity contribution in [3.8, 4) is 0 Å². The van der Waals surface area contributed by atoms with E-state index in [-0.39, 0.29) is 23.5 Å². The van der Waals surface area contributed by atoms with Gasteiger partial charge < -0.3 is 10.6 Å². The van der Waals surface area contributed by atoms with E-state index < -0.39 is 9.84 Å². The van der Waals surface area contributed by atoms with Gasteiger partial charge in [0.1, 0.15) is 9.84 Å². The molecule has 0 atom stereocenters. The van der Waals surface area contributed by atoms with Gasteiger partial charge in [0, 0.05) is 25.2 Å². The third-order valence-corrected chi connectivity index (χ3v) is 5.31. The van der Waals surface area contributed by atoms with Gasteiger partial charge in [0.2, 0.25) is 0 Å². The molecule has 6 heteroatoms. The first-order valence-corrected chi connectivity index (χ1v) is 8.57. The molecule has 0 radical (unpaired) electrons. The summed E-state index contributed by atoms with van der Waals surface area (Å²) >= 11 is 0. The van der Waals surface area contributed by atoms with Gasteiger partial charge in [-0.15, -0.1) is 0 Å². The lowest BCUT2D eigenvalue weighted by molar-refractivity contribution is 0.0963. The lowest BCUT2D eigenvalue weighted by Crippen LogP contribution is -2.37. The van der Waals surface area contributed by atoms with Crippen molar-refractivity contribution >= 4 is 15.7 Å². The van der Waals surface area contributed by atoms with E-state index in [0.29, 0.717) is 24.9 Å². The summed E-state index contributed by atoms with van der Waals surface area (Å²) in [7, 11) is -1.20. The van der Waals surface area contributed by atoms with Crippen LogP contribution in [-0.4, -0.2) is 38.9 Å². The average molecular weight is 296 g/mol. The molecule has 1 aromatic carbocycles. The summed E-state index contributed by atoms with van der Waals surface area (Å²) in [6, 6.07) is 7.67. The monoisotopic (exact) mass is 296 g/mol. The van der Waals surface area contributed by atoms with Crippen LogP contribution in [0.15, 0.2) is 24.3 Å². The number of benzene rings is 1. The SMILES string of the molecule is CNC(=O)c1ccc(CNC2CCS(=O)(=O)CC2)cc1. The van der Waals surface area contributed by atoms with E-state index in [1.165, 1.54) is 0 Å². The molecule has 1 fully saturated rings. The van der Waals surface area contributed by atoms with Gasteiger partial charge in [-0.25, -0.2) is 8.42 Å². The third-order valence-electron chi connectivity index (χ3n) is 3.59. The summed E-state index contributed by atoms with van der Waals surface area (Å²) in [4.78, 5) is 11.4. The van der Waals surface area contributed by atoms with Crippen LogP contribution in [0.3, 0.4) is 0 Å². The lowest BCUT2D eigenvalue weighted by Gasteiger charge is -2.23. The number of hydrogen-bond acceptors (Lipinski definition) is 4. The van der Waals surface area contributed by atoms with Crippen molar-refractivity contribution in [2.75, 3.05) is 18.6 Å². The van der Waals surface area contributed by atoms with Gasteiger partial charge in [0.05, 0.1) is 11.5 Å². The summed E-state index contributed by atoms with van der Waals surface area (Å²) < 4.78 is 22.7. The number of nitrogens with one attached hydrogen (secondary N) is 2. The van der Waals surface area contributed by atoms with Gasteiger partial charge in [-0.2, -0.15) is 0 Å². The fourth-order valence-corrected chi connectivity index (χ4v) is 3.77. The van der Waals surface area contributed by atoms with Gasteiger partial charge in [0.15, 0.2) is 0 Å². The maximum absolute atomic E-state index is 11.4. The Bertz CT molecular complexity index is 553. The Labute approximate surface area is 119 Å². The molecule has 0 spiro atoms. The predicted octanol–water partition coefficient (Wildman–Crippen LogP) is 0.713. The molecule has 0 saturated carbocycles. The van der Waals surface area contributed by atoms with Crippen LogP contribution < -0.4 is 10.6 Å². The van der Waals surface area contributed by atoms with Crippen molar-refractivity contribution in [3.63, 3.8) is 0 Å². The van der Waals surface area contributed by atoms with Crippen LogP contribution in [0.2, 0.25) is 0 Å². The Morgan fingerprint density at radius 2 is 1.80 bits per heavy atom. The molecule has 5 nitrogen and oxygen atoms in total. The number of sulfone groups is 1. The molecule has 0 bridgehead atoms. The van der Waals surface area contributed by atoms with E-state index in [9.17, 15) is 13.2 Å². The molecule has 2 rings (SSSR count). The van der Waals surface area contributed by atoms with E-state index in [1.54, 1.807) is 19.2 Å². The molecule has 110 valence electrons. The molecule has 1 heterocycles. The first-order chi connectivity index (χ1) is 9.50. The number of rotatable bonds is 4. The fraction of sp³-hybridized carbons (Fsp3) is 0.500. The van der Waals surface area contributed by atoms with Crippen LogP contribution in [0.25, 0.3) is 0 Å². The van der Waals surface area contributed by atoms with Crippen molar-refractivity contribution in [1.29, 1.82) is 0 Å². The molecule has 1 amide bonds. The number of hydrogen-bond donors (Lipinski definition) is 2. The van der Waals surface area contributed by atoms with E-state index in [0.717, 1.165) is 5.56 Å². The van der Waals surface area contributed by atoms with Crippen molar-refractivity contribution in [2.45, 2.75) is 25.4 Å². The Morgan fingerprint density at radius 3 is 2.35 bits per heavy atom. The zero-order chi connectivity index (χ0) is 14.6. The smallest absolute Gasteiger partial charge is 0.251 e. The molecule has 0 unspecified atom stereocenters. The standard InChI is InChI=1S/C14H20N2O3S/c1-15-14(17)12-4-2-11(3-5-12)10-16-13-6-8-20(18,19)9-7-13/h2-5,13,16H,6-10H2,1H3,(H,15,17). The van der Waals surface area contributed by atoms with Crippen LogP contribution in [0.4, 0.5) is 0 Å².